The summed E-state index contributed by atoms with van der Waals surface area (Å²) in [5, 5.41) is 7.01. The molecule has 1 saturated heterocycles. The van der Waals surface area contributed by atoms with Gasteiger partial charge in [0, 0.05) is 38.8 Å². The van der Waals surface area contributed by atoms with Gasteiger partial charge in [-0.3, -0.25) is 9.89 Å². The van der Waals surface area contributed by atoms with E-state index in [1.807, 2.05) is 18.8 Å². The first-order valence-corrected chi connectivity index (χ1v) is 10.4. The summed E-state index contributed by atoms with van der Waals surface area (Å²) in [6.07, 6.45) is 5.66. The molecule has 0 saturated carbocycles. The van der Waals surface area contributed by atoms with Crippen LogP contribution >= 0.6 is 11.8 Å². The minimum Gasteiger partial charge on any atom is -0.356 e. The second-order valence-electron chi connectivity index (χ2n) is 6.39. The van der Waals surface area contributed by atoms with Gasteiger partial charge in [0.1, 0.15) is 0 Å². The van der Waals surface area contributed by atoms with Crippen LogP contribution in [0.5, 0.6) is 0 Å². The molecule has 2 rings (SSSR count). The SMILES string of the molecule is CN=C(NCCCSC)NC1CCN(C(C)c2ccccc2)CC1. The lowest BCUT2D eigenvalue weighted by atomic mass is 10.0. The molecule has 1 aliphatic heterocycles. The molecule has 0 bridgehead atoms. The average Bonchev–Trinajstić information content (AvgIpc) is 2.65. The van der Waals surface area contributed by atoms with Crippen LogP contribution in [0.15, 0.2) is 35.3 Å². The Bertz CT molecular complexity index is 483. The molecule has 1 aromatic carbocycles. The van der Waals surface area contributed by atoms with Crippen molar-refractivity contribution in [1.82, 2.24) is 15.5 Å². The highest BCUT2D eigenvalue weighted by Crippen LogP contribution is 2.23. The summed E-state index contributed by atoms with van der Waals surface area (Å²) >= 11 is 1.89. The number of nitrogens with zero attached hydrogens (tertiary/aromatic N) is 2. The summed E-state index contributed by atoms with van der Waals surface area (Å²) in [5.41, 5.74) is 1.41. The van der Waals surface area contributed by atoms with Crippen molar-refractivity contribution in [2.45, 2.75) is 38.3 Å². The van der Waals surface area contributed by atoms with Gasteiger partial charge in [-0.15, -0.1) is 0 Å². The van der Waals surface area contributed by atoms with Gasteiger partial charge in [-0.1, -0.05) is 30.3 Å². The topological polar surface area (TPSA) is 39.7 Å². The molecular formula is C19H32N4S. The average molecular weight is 349 g/mol. The summed E-state index contributed by atoms with van der Waals surface area (Å²) in [4.78, 5) is 6.94. The standard InChI is InChI=1S/C19H32N4S/c1-16(17-8-5-4-6-9-17)23-13-10-18(11-14-23)22-19(20-2)21-12-7-15-24-3/h4-6,8-9,16,18H,7,10-15H2,1-3H3,(H2,20,21,22). The first-order valence-electron chi connectivity index (χ1n) is 8.99. The van der Waals surface area contributed by atoms with Crippen LogP contribution in [0.25, 0.3) is 0 Å². The number of hydrogen-bond donors (Lipinski definition) is 2. The van der Waals surface area contributed by atoms with Crippen LogP contribution in [-0.2, 0) is 0 Å². The fourth-order valence-electron chi connectivity index (χ4n) is 3.18. The first kappa shape index (κ1) is 19.1. The molecule has 134 valence electrons. The lowest BCUT2D eigenvalue weighted by molar-refractivity contribution is 0.158. The zero-order valence-electron chi connectivity index (χ0n) is 15.3. The van der Waals surface area contributed by atoms with E-state index < -0.39 is 0 Å². The normalized spacial score (nSPS) is 18.4. The number of rotatable bonds is 7. The number of thioether (sulfide) groups is 1. The molecule has 0 radical (unpaired) electrons. The molecule has 0 amide bonds. The van der Waals surface area contributed by atoms with Gasteiger partial charge in [-0.25, -0.2) is 0 Å². The van der Waals surface area contributed by atoms with E-state index in [0.29, 0.717) is 12.1 Å². The number of likely N-dealkylation sites (tertiary alicyclic amines) is 1. The van der Waals surface area contributed by atoms with Crippen molar-refractivity contribution < 1.29 is 0 Å². The number of piperidine rings is 1. The Morgan fingerprint density at radius 3 is 2.62 bits per heavy atom. The molecule has 5 heteroatoms. The van der Waals surface area contributed by atoms with E-state index in [1.165, 1.54) is 30.6 Å². The van der Waals surface area contributed by atoms with Crippen molar-refractivity contribution in [2.75, 3.05) is 38.7 Å². The Morgan fingerprint density at radius 1 is 1.29 bits per heavy atom. The van der Waals surface area contributed by atoms with Crippen molar-refractivity contribution in [1.29, 1.82) is 0 Å². The molecule has 0 aromatic heterocycles. The molecule has 2 N–H and O–H groups in total. The Labute approximate surface area is 151 Å². The number of nitrogens with one attached hydrogen (secondary N) is 2. The van der Waals surface area contributed by atoms with Crippen LogP contribution in [0, 0.1) is 0 Å². The Balaban J connectivity index is 1.74. The summed E-state index contributed by atoms with van der Waals surface area (Å²) in [6.45, 7) is 5.58. The molecular weight excluding hydrogens is 316 g/mol. The largest absolute Gasteiger partial charge is 0.356 e. The monoisotopic (exact) mass is 348 g/mol. The lowest BCUT2D eigenvalue weighted by Crippen LogP contribution is -2.49. The summed E-state index contributed by atoms with van der Waals surface area (Å²) < 4.78 is 0. The lowest BCUT2D eigenvalue weighted by Gasteiger charge is -2.37. The summed E-state index contributed by atoms with van der Waals surface area (Å²) in [6, 6.07) is 11.8. The highest BCUT2D eigenvalue weighted by molar-refractivity contribution is 7.98. The Morgan fingerprint density at radius 2 is 2.00 bits per heavy atom. The van der Waals surface area contributed by atoms with Gasteiger partial charge >= 0.3 is 0 Å². The van der Waals surface area contributed by atoms with E-state index in [-0.39, 0.29) is 0 Å². The quantitative estimate of drug-likeness (QED) is 0.451. The Kier molecular flexibility index (Phi) is 8.47. The van der Waals surface area contributed by atoms with Crippen LogP contribution in [-0.4, -0.2) is 55.6 Å². The number of guanidine groups is 1. The maximum atomic E-state index is 4.36. The van der Waals surface area contributed by atoms with E-state index in [4.69, 9.17) is 0 Å². The molecule has 0 aliphatic carbocycles. The molecule has 1 atom stereocenters. The van der Waals surface area contributed by atoms with Crippen LogP contribution in [0.4, 0.5) is 0 Å². The highest BCUT2D eigenvalue weighted by atomic mass is 32.2. The van der Waals surface area contributed by atoms with Crippen molar-refractivity contribution in [3.8, 4) is 0 Å². The van der Waals surface area contributed by atoms with Crippen molar-refractivity contribution in [3.63, 3.8) is 0 Å². The number of hydrogen-bond acceptors (Lipinski definition) is 3. The molecule has 4 nitrogen and oxygen atoms in total. The third-order valence-electron chi connectivity index (χ3n) is 4.74. The van der Waals surface area contributed by atoms with E-state index in [9.17, 15) is 0 Å². The second-order valence-corrected chi connectivity index (χ2v) is 7.37. The molecule has 1 heterocycles. The van der Waals surface area contributed by atoms with Gasteiger partial charge in [-0.05, 0) is 43.8 Å². The van der Waals surface area contributed by atoms with Gasteiger partial charge in [0.15, 0.2) is 5.96 Å². The minimum absolute atomic E-state index is 0.496. The van der Waals surface area contributed by atoms with Gasteiger partial charge in [0.2, 0.25) is 0 Å². The van der Waals surface area contributed by atoms with Crippen LogP contribution in [0.3, 0.4) is 0 Å². The van der Waals surface area contributed by atoms with E-state index in [2.05, 4.69) is 64.0 Å². The molecule has 0 spiro atoms. The maximum absolute atomic E-state index is 4.36. The predicted molar refractivity (Wildman–Crippen MR) is 107 cm³/mol. The van der Waals surface area contributed by atoms with Crippen LogP contribution in [0.1, 0.15) is 37.8 Å². The molecule has 1 aromatic rings. The zero-order valence-corrected chi connectivity index (χ0v) is 16.1. The maximum Gasteiger partial charge on any atom is 0.191 e. The smallest absolute Gasteiger partial charge is 0.191 e. The van der Waals surface area contributed by atoms with Gasteiger partial charge in [0.05, 0.1) is 0 Å². The van der Waals surface area contributed by atoms with Crippen molar-refractivity contribution in [2.24, 2.45) is 4.99 Å². The number of aliphatic imine (C=N–C) groups is 1. The van der Waals surface area contributed by atoms with Gasteiger partial charge < -0.3 is 10.6 Å². The fraction of sp³-hybridized carbons (Fsp3) is 0.632. The fourth-order valence-corrected chi connectivity index (χ4v) is 3.62. The number of benzene rings is 1. The zero-order chi connectivity index (χ0) is 17.2. The highest BCUT2D eigenvalue weighted by Gasteiger charge is 2.23. The van der Waals surface area contributed by atoms with Gasteiger partial charge in [-0.2, -0.15) is 11.8 Å². The molecule has 24 heavy (non-hydrogen) atoms. The summed E-state index contributed by atoms with van der Waals surface area (Å²) in [7, 11) is 1.86. The van der Waals surface area contributed by atoms with Crippen LogP contribution < -0.4 is 10.6 Å². The predicted octanol–water partition coefficient (Wildman–Crippen LogP) is 3.13. The minimum atomic E-state index is 0.496. The van der Waals surface area contributed by atoms with Crippen molar-refractivity contribution in [3.05, 3.63) is 35.9 Å². The first-order chi connectivity index (χ1) is 11.7. The van der Waals surface area contributed by atoms with Crippen molar-refractivity contribution >= 4 is 17.7 Å². The molecule has 1 fully saturated rings. The third-order valence-corrected chi connectivity index (χ3v) is 5.44. The van der Waals surface area contributed by atoms with Gasteiger partial charge in [0.25, 0.3) is 0 Å². The van der Waals surface area contributed by atoms with E-state index >= 15 is 0 Å². The van der Waals surface area contributed by atoms with E-state index in [1.54, 1.807) is 0 Å². The van der Waals surface area contributed by atoms with Crippen LogP contribution in [0.2, 0.25) is 0 Å². The summed E-state index contributed by atoms with van der Waals surface area (Å²) in [5.74, 6) is 2.14. The third kappa shape index (κ3) is 6.02. The van der Waals surface area contributed by atoms with E-state index in [0.717, 1.165) is 25.6 Å². The Hall–Kier alpha value is -1.20. The molecule has 1 unspecified atom stereocenters. The second kappa shape index (κ2) is 10.6. The molecule has 1 aliphatic rings.